The molecule has 1 aromatic rings. The van der Waals surface area contributed by atoms with Gasteiger partial charge in [-0.1, -0.05) is 0 Å². The first kappa shape index (κ1) is 18.0. The third kappa shape index (κ3) is 4.83. The van der Waals surface area contributed by atoms with E-state index in [0.717, 1.165) is 31.4 Å². The molecule has 1 saturated heterocycles. The minimum absolute atomic E-state index is 0. The Bertz CT molecular complexity index is 495. The lowest BCUT2D eigenvalue weighted by Gasteiger charge is -2.27. The highest BCUT2D eigenvalue weighted by Crippen LogP contribution is 2.23. The van der Waals surface area contributed by atoms with Gasteiger partial charge in [0.05, 0.1) is 19.3 Å². The third-order valence-corrected chi connectivity index (χ3v) is 4.42. The van der Waals surface area contributed by atoms with Gasteiger partial charge in [0.2, 0.25) is 0 Å². The molecule has 1 saturated carbocycles. The summed E-state index contributed by atoms with van der Waals surface area (Å²) in [5, 5.41) is 0. The quantitative estimate of drug-likeness (QED) is 0.916. The lowest BCUT2D eigenvalue weighted by atomic mass is 9.94. The van der Waals surface area contributed by atoms with E-state index in [0.29, 0.717) is 37.9 Å². The third-order valence-electron chi connectivity index (χ3n) is 4.42. The van der Waals surface area contributed by atoms with E-state index in [4.69, 9.17) is 15.2 Å². The summed E-state index contributed by atoms with van der Waals surface area (Å²) in [4.78, 5) is 14.2. The predicted molar refractivity (Wildman–Crippen MR) is 91.3 cm³/mol. The van der Waals surface area contributed by atoms with Crippen molar-refractivity contribution in [3.05, 3.63) is 29.8 Å². The summed E-state index contributed by atoms with van der Waals surface area (Å²) >= 11 is 0. The summed E-state index contributed by atoms with van der Waals surface area (Å²) in [6.45, 7) is 2.58. The molecule has 1 aromatic carbocycles. The summed E-state index contributed by atoms with van der Waals surface area (Å²) in [7, 11) is 0. The fourth-order valence-electron chi connectivity index (χ4n) is 3.02. The summed E-state index contributed by atoms with van der Waals surface area (Å²) in [6, 6.07) is 7.81. The molecule has 3 rings (SSSR count). The van der Waals surface area contributed by atoms with Crippen molar-refractivity contribution in [1.29, 1.82) is 0 Å². The molecule has 0 atom stereocenters. The van der Waals surface area contributed by atoms with E-state index < -0.39 is 0 Å². The molecule has 0 spiro atoms. The van der Waals surface area contributed by atoms with Crippen molar-refractivity contribution in [2.45, 2.75) is 37.8 Å². The minimum atomic E-state index is 0. The normalized spacial score (nSPS) is 24.7. The van der Waals surface area contributed by atoms with Crippen LogP contribution in [-0.4, -0.2) is 49.3 Å². The van der Waals surface area contributed by atoms with E-state index >= 15 is 0 Å². The number of amides is 1. The van der Waals surface area contributed by atoms with Gasteiger partial charge in [0, 0.05) is 24.7 Å². The van der Waals surface area contributed by atoms with E-state index in [9.17, 15) is 4.79 Å². The van der Waals surface area contributed by atoms with Crippen molar-refractivity contribution >= 4 is 18.3 Å². The zero-order valence-electron chi connectivity index (χ0n) is 13.3. The van der Waals surface area contributed by atoms with Crippen LogP contribution in [0.5, 0.6) is 5.75 Å². The first-order chi connectivity index (χ1) is 10.7. The Hall–Kier alpha value is -1.30. The Balaban J connectivity index is 0.00000192. The fraction of sp³-hybridized carbons (Fsp3) is 0.588. The van der Waals surface area contributed by atoms with Crippen LogP contribution in [-0.2, 0) is 4.74 Å². The first-order valence-electron chi connectivity index (χ1n) is 8.12. The molecule has 2 fully saturated rings. The molecule has 6 heteroatoms. The van der Waals surface area contributed by atoms with Gasteiger partial charge in [-0.3, -0.25) is 4.79 Å². The number of morpholine rings is 1. The molecule has 23 heavy (non-hydrogen) atoms. The lowest BCUT2D eigenvalue weighted by Crippen LogP contribution is -2.40. The molecule has 1 aliphatic heterocycles. The largest absolute Gasteiger partial charge is 0.490 e. The summed E-state index contributed by atoms with van der Waals surface area (Å²) in [5.41, 5.74) is 6.62. The van der Waals surface area contributed by atoms with Crippen molar-refractivity contribution in [2.24, 2.45) is 5.73 Å². The van der Waals surface area contributed by atoms with Crippen molar-refractivity contribution in [2.75, 3.05) is 26.3 Å². The highest BCUT2D eigenvalue weighted by Gasteiger charge is 2.21. The number of hydrogen-bond acceptors (Lipinski definition) is 4. The van der Waals surface area contributed by atoms with Gasteiger partial charge < -0.3 is 20.1 Å². The topological polar surface area (TPSA) is 64.8 Å². The second kappa shape index (κ2) is 8.52. The molecule has 1 aliphatic carbocycles. The monoisotopic (exact) mass is 340 g/mol. The van der Waals surface area contributed by atoms with Crippen LogP contribution in [0.2, 0.25) is 0 Å². The van der Waals surface area contributed by atoms with E-state index in [1.807, 2.05) is 29.2 Å². The second-order valence-corrected chi connectivity index (χ2v) is 6.08. The van der Waals surface area contributed by atoms with E-state index in [1.165, 1.54) is 0 Å². The second-order valence-electron chi connectivity index (χ2n) is 6.08. The van der Waals surface area contributed by atoms with Gasteiger partial charge in [-0.15, -0.1) is 12.4 Å². The Morgan fingerprint density at radius 1 is 1.09 bits per heavy atom. The van der Waals surface area contributed by atoms with Crippen LogP contribution in [0.4, 0.5) is 0 Å². The standard InChI is InChI=1S/C17H24N2O3.ClH/c18-14-3-7-16(8-4-14)22-15-5-1-13(2-6-15)17(20)19-9-11-21-12-10-19;/h1-2,5-6,14,16H,3-4,7-12,18H2;1H. The van der Waals surface area contributed by atoms with Crippen LogP contribution in [0.1, 0.15) is 36.0 Å². The Kier molecular flexibility index (Phi) is 6.69. The molecule has 1 heterocycles. The van der Waals surface area contributed by atoms with Gasteiger partial charge in [-0.05, 0) is 49.9 Å². The number of benzene rings is 1. The number of nitrogens with zero attached hydrogens (tertiary/aromatic N) is 1. The van der Waals surface area contributed by atoms with Crippen LogP contribution in [0.3, 0.4) is 0 Å². The molecule has 1 amide bonds. The SMILES string of the molecule is Cl.NC1CCC(Oc2ccc(C(=O)N3CCOCC3)cc2)CC1. The predicted octanol–water partition coefficient (Wildman–Crippen LogP) is 2.23. The van der Waals surface area contributed by atoms with Crippen molar-refractivity contribution in [3.8, 4) is 5.75 Å². The van der Waals surface area contributed by atoms with Gasteiger partial charge in [0.25, 0.3) is 5.91 Å². The number of halogens is 1. The average molecular weight is 341 g/mol. The van der Waals surface area contributed by atoms with Gasteiger partial charge in [-0.25, -0.2) is 0 Å². The molecule has 5 nitrogen and oxygen atoms in total. The maximum absolute atomic E-state index is 12.4. The number of nitrogens with two attached hydrogens (primary N) is 1. The highest BCUT2D eigenvalue weighted by atomic mass is 35.5. The number of hydrogen-bond donors (Lipinski definition) is 1. The van der Waals surface area contributed by atoms with E-state index in [-0.39, 0.29) is 24.4 Å². The summed E-state index contributed by atoms with van der Waals surface area (Å²) in [6.07, 6.45) is 4.32. The molecule has 0 aromatic heterocycles. The van der Waals surface area contributed by atoms with Gasteiger partial charge in [-0.2, -0.15) is 0 Å². The van der Waals surface area contributed by atoms with Crippen LogP contribution >= 0.6 is 12.4 Å². The van der Waals surface area contributed by atoms with Gasteiger partial charge in [0.1, 0.15) is 5.75 Å². The molecule has 2 aliphatic rings. The summed E-state index contributed by atoms with van der Waals surface area (Å²) < 4.78 is 11.3. The van der Waals surface area contributed by atoms with Crippen LogP contribution in [0.25, 0.3) is 0 Å². The number of ether oxygens (including phenoxy) is 2. The first-order valence-corrected chi connectivity index (χ1v) is 8.12. The van der Waals surface area contributed by atoms with Crippen molar-refractivity contribution < 1.29 is 14.3 Å². The van der Waals surface area contributed by atoms with Crippen LogP contribution in [0.15, 0.2) is 24.3 Å². The molecule has 128 valence electrons. The smallest absolute Gasteiger partial charge is 0.254 e. The molecule has 0 unspecified atom stereocenters. The zero-order chi connectivity index (χ0) is 15.4. The fourth-order valence-corrected chi connectivity index (χ4v) is 3.02. The summed E-state index contributed by atoms with van der Waals surface area (Å²) in [5.74, 6) is 0.900. The van der Waals surface area contributed by atoms with Crippen LogP contribution in [0, 0.1) is 0 Å². The van der Waals surface area contributed by atoms with Gasteiger partial charge in [0.15, 0.2) is 0 Å². The van der Waals surface area contributed by atoms with Crippen molar-refractivity contribution in [3.63, 3.8) is 0 Å². The molecular weight excluding hydrogens is 316 g/mol. The lowest BCUT2D eigenvalue weighted by molar-refractivity contribution is 0.0303. The molecular formula is C17H25ClN2O3. The Morgan fingerprint density at radius 2 is 1.70 bits per heavy atom. The maximum Gasteiger partial charge on any atom is 0.254 e. The van der Waals surface area contributed by atoms with Gasteiger partial charge >= 0.3 is 0 Å². The Labute approximate surface area is 143 Å². The van der Waals surface area contributed by atoms with E-state index in [2.05, 4.69) is 0 Å². The molecule has 2 N–H and O–H groups in total. The number of carbonyl (C=O) groups is 1. The minimum Gasteiger partial charge on any atom is -0.490 e. The van der Waals surface area contributed by atoms with Crippen LogP contribution < -0.4 is 10.5 Å². The molecule has 0 bridgehead atoms. The number of carbonyl (C=O) groups excluding carboxylic acids is 1. The van der Waals surface area contributed by atoms with Crippen molar-refractivity contribution in [1.82, 2.24) is 4.90 Å². The maximum atomic E-state index is 12.4. The zero-order valence-corrected chi connectivity index (χ0v) is 14.1. The number of rotatable bonds is 3. The highest BCUT2D eigenvalue weighted by molar-refractivity contribution is 5.94. The average Bonchev–Trinajstić information content (AvgIpc) is 2.58. The molecule has 0 radical (unpaired) electrons. The van der Waals surface area contributed by atoms with E-state index in [1.54, 1.807) is 0 Å². The Morgan fingerprint density at radius 3 is 2.30 bits per heavy atom.